The smallest absolute Gasteiger partial charge is 0.271 e. The molecule has 92 valence electrons. The lowest BCUT2D eigenvalue weighted by molar-refractivity contribution is 0.102. The van der Waals surface area contributed by atoms with Crippen molar-refractivity contribution < 1.29 is 4.74 Å². The quantitative estimate of drug-likeness (QED) is 0.766. The Morgan fingerprint density at radius 3 is 3.12 bits per heavy atom. The van der Waals surface area contributed by atoms with Crippen LogP contribution in [0, 0.1) is 5.92 Å². The van der Waals surface area contributed by atoms with Gasteiger partial charge in [0.25, 0.3) is 5.56 Å². The third-order valence-electron chi connectivity index (χ3n) is 2.36. The molecule has 2 heterocycles. The van der Waals surface area contributed by atoms with Gasteiger partial charge >= 0.3 is 0 Å². The van der Waals surface area contributed by atoms with Crippen molar-refractivity contribution in [2.45, 2.75) is 20.4 Å². The molecule has 2 rings (SSSR count). The average molecular weight is 252 g/mol. The van der Waals surface area contributed by atoms with Gasteiger partial charge in [-0.2, -0.15) is 0 Å². The topological polar surface area (TPSA) is 44.1 Å². The zero-order valence-corrected chi connectivity index (χ0v) is 10.9. The van der Waals surface area contributed by atoms with Crippen LogP contribution in [0.15, 0.2) is 22.6 Å². The van der Waals surface area contributed by atoms with E-state index in [1.807, 2.05) is 11.4 Å². The van der Waals surface area contributed by atoms with Gasteiger partial charge in [0.15, 0.2) is 0 Å². The molecule has 5 heteroatoms. The molecule has 0 saturated heterocycles. The van der Waals surface area contributed by atoms with Gasteiger partial charge in [-0.05, 0) is 17.4 Å². The highest BCUT2D eigenvalue weighted by Crippen LogP contribution is 2.12. The second-order valence-corrected chi connectivity index (χ2v) is 5.26. The largest absolute Gasteiger partial charge is 0.379 e. The molecule has 0 unspecified atom stereocenters. The van der Waals surface area contributed by atoms with E-state index in [9.17, 15) is 4.79 Å². The summed E-state index contributed by atoms with van der Waals surface area (Å²) in [7, 11) is 0. The lowest BCUT2D eigenvalue weighted by Gasteiger charge is -2.08. The van der Waals surface area contributed by atoms with Crippen LogP contribution in [0.25, 0.3) is 10.2 Å². The molecule has 0 fully saturated rings. The summed E-state index contributed by atoms with van der Waals surface area (Å²) in [4.78, 5) is 16.2. The van der Waals surface area contributed by atoms with E-state index >= 15 is 0 Å². The molecule has 0 aromatic carbocycles. The van der Waals surface area contributed by atoms with E-state index in [0.717, 1.165) is 16.8 Å². The van der Waals surface area contributed by atoms with E-state index < -0.39 is 0 Å². The zero-order chi connectivity index (χ0) is 12.3. The molecule has 0 N–H and O–H groups in total. The second-order valence-electron chi connectivity index (χ2n) is 4.35. The summed E-state index contributed by atoms with van der Waals surface area (Å²) in [5.74, 6) is 0.518. The summed E-state index contributed by atoms with van der Waals surface area (Å²) in [5.41, 5.74) is 0.803. The van der Waals surface area contributed by atoms with Gasteiger partial charge in [-0.25, -0.2) is 4.98 Å². The predicted molar refractivity (Wildman–Crippen MR) is 69.5 cm³/mol. The zero-order valence-electron chi connectivity index (χ0n) is 10.0. The van der Waals surface area contributed by atoms with Crippen LogP contribution < -0.4 is 5.56 Å². The van der Waals surface area contributed by atoms with Crippen LogP contribution in [0.5, 0.6) is 0 Å². The summed E-state index contributed by atoms with van der Waals surface area (Å²) in [6, 6.07) is 1.86. The molecule has 0 amide bonds. The minimum Gasteiger partial charge on any atom is -0.379 e. The van der Waals surface area contributed by atoms with Gasteiger partial charge in [0, 0.05) is 6.61 Å². The summed E-state index contributed by atoms with van der Waals surface area (Å²) in [6.07, 6.45) is 1.59. The molecule has 0 radical (unpaired) electrons. The number of ether oxygens (including phenoxy) is 1. The molecule has 0 atom stereocenters. The molecule has 2 aromatic heterocycles. The van der Waals surface area contributed by atoms with Crippen LogP contribution in [-0.2, 0) is 11.3 Å². The van der Waals surface area contributed by atoms with E-state index in [2.05, 4.69) is 18.8 Å². The van der Waals surface area contributed by atoms with Crippen molar-refractivity contribution >= 4 is 21.6 Å². The second kappa shape index (κ2) is 5.42. The first-order valence-corrected chi connectivity index (χ1v) is 6.57. The van der Waals surface area contributed by atoms with Crippen molar-refractivity contribution in [2.24, 2.45) is 5.92 Å². The Balaban J connectivity index is 2.04. The number of fused-ring (bicyclic) bond motifs is 1. The molecule has 2 aromatic rings. The number of hydrogen-bond acceptors (Lipinski definition) is 4. The Morgan fingerprint density at radius 2 is 2.35 bits per heavy atom. The monoisotopic (exact) mass is 252 g/mol. The SMILES string of the molecule is CC(C)COCCn1cnc2ccsc2c1=O. The Morgan fingerprint density at radius 1 is 1.53 bits per heavy atom. The van der Waals surface area contributed by atoms with E-state index in [1.54, 1.807) is 10.9 Å². The van der Waals surface area contributed by atoms with Crippen molar-refractivity contribution in [1.29, 1.82) is 0 Å². The summed E-state index contributed by atoms with van der Waals surface area (Å²) < 4.78 is 7.79. The number of nitrogens with zero attached hydrogens (tertiary/aromatic N) is 2. The Bertz CT molecular complexity index is 545. The maximum atomic E-state index is 12.0. The van der Waals surface area contributed by atoms with Gasteiger partial charge in [0.2, 0.25) is 0 Å². The Kier molecular flexibility index (Phi) is 3.91. The molecular weight excluding hydrogens is 236 g/mol. The Labute approximate surface area is 104 Å². The van der Waals surface area contributed by atoms with Crippen LogP contribution in [-0.4, -0.2) is 22.8 Å². The lowest BCUT2D eigenvalue weighted by Crippen LogP contribution is -2.22. The van der Waals surface area contributed by atoms with Crippen molar-refractivity contribution in [3.63, 3.8) is 0 Å². The maximum Gasteiger partial charge on any atom is 0.271 e. The van der Waals surface area contributed by atoms with Crippen molar-refractivity contribution in [1.82, 2.24) is 9.55 Å². The molecule has 0 bridgehead atoms. The van der Waals surface area contributed by atoms with E-state index in [1.165, 1.54) is 11.3 Å². The number of hydrogen-bond donors (Lipinski definition) is 0. The number of thiophene rings is 1. The molecule has 0 aliphatic carbocycles. The van der Waals surface area contributed by atoms with Crippen LogP contribution in [0.3, 0.4) is 0 Å². The molecule has 17 heavy (non-hydrogen) atoms. The summed E-state index contributed by atoms with van der Waals surface area (Å²) >= 11 is 1.44. The van der Waals surface area contributed by atoms with Crippen LogP contribution in [0.1, 0.15) is 13.8 Å². The molecule has 4 nitrogen and oxygen atoms in total. The number of rotatable bonds is 5. The molecule has 0 spiro atoms. The molecule has 0 saturated carbocycles. The first kappa shape index (κ1) is 12.3. The third kappa shape index (κ3) is 2.92. The van der Waals surface area contributed by atoms with E-state index in [4.69, 9.17) is 4.74 Å². The summed E-state index contributed by atoms with van der Waals surface area (Å²) in [6.45, 7) is 6.04. The van der Waals surface area contributed by atoms with Crippen LogP contribution in [0.4, 0.5) is 0 Å². The van der Waals surface area contributed by atoms with Gasteiger partial charge in [0.05, 0.1) is 25.0 Å². The van der Waals surface area contributed by atoms with E-state index in [0.29, 0.717) is 19.1 Å². The molecule has 0 aliphatic rings. The minimum atomic E-state index is 0.0261. The molecule has 0 aliphatic heterocycles. The van der Waals surface area contributed by atoms with E-state index in [-0.39, 0.29) is 5.56 Å². The van der Waals surface area contributed by atoms with Gasteiger partial charge in [-0.15, -0.1) is 11.3 Å². The first-order valence-electron chi connectivity index (χ1n) is 5.69. The lowest BCUT2D eigenvalue weighted by atomic mass is 10.2. The minimum absolute atomic E-state index is 0.0261. The summed E-state index contributed by atoms with van der Waals surface area (Å²) in [5, 5.41) is 1.89. The normalized spacial score (nSPS) is 11.5. The van der Waals surface area contributed by atoms with Gasteiger partial charge in [-0.3, -0.25) is 9.36 Å². The fourth-order valence-corrected chi connectivity index (χ4v) is 2.31. The predicted octanol–water partition coefficient (Wildman–Crippen LogP) is 2.13. The maximum absolute atomic E-state index is 12.0. The fourth-order valence-electron chi connectivity index (χ4n) is 1.52. The highest BCUT2D eigenvalue weighted by atomic mass is 32.1. The van der Waals surface area contributed by atoms with Crippen LogP contribution in [0.2, 0.25) is 0 Å². The highest BCUT2D eigenvalue weighted by molar-refractivity contribution is 7.17. The van der Waals surface area contributed by atoms with Gasteiger partial charge in [0.1, 0.15) is 4.70 Å². The number of aromatic nitrogens is 2. The Hall–Kier alpha value is -1.20. The van der Waals surface area contributed by atoms with Crippen molar-refractivity contribution in [3.8, 4) is 0 Å². The van der Waals surface area contributed by atoms with Crippen LogP contribution >= 0.6 is 11.3 Å². The fraction of sp³-hybridized carbons (Fsp3) is 0.500. The van der Waals surface area contributed by atoms with Gasteiger partial charge < -0.3 is 4.74 Å². The third-order valence-corrected chi connectivity index (χ3v) is 3.26. The highest BCUT2D eigenvalue weighted by Gasteiger charge is 2.04. The van der Waals surface area contributed by atoms with Gasteiger partial charge in [-0.1, -0.05) is 13.8 Å². The average Bonchev–Trinajstić information content (AvgIpc) is 2.75. The van der Waals surface area contributed by atoms with Crippen molar-refractivity contribution in [2.75, 3.05) is 13.2 Å². The molecular formula is C12H16N2O2S. The van der Waals surface area contributed by atoms with Crippen molar-refractivity contribution in [3.05, 3.63) is 28.1 Å². The standard InChI is InChI=1S/C12H16N2O2S/c1-9(2)7-16-5-4-14-8-13-10-3-6-17-11(10)12(14)15/h3,6,8-9H,4-5,7H2,1-2H3. The first-order chi connectivity index (χ1) is 8.18.